The van der Waals surface area contributed by atoms with E-state index in [0.717, 1.165) is 31.8 Å². The molecule has 3 rings (SSSR count). The maximum absolute atomic E-state index is 12.7. The van der Waals surface area contributed by atoms with Crippen LogP contribution in [0.1, 0.15) is 18.4 Å². The van der Waals surface area contributed by atoms with Gasteiger partial charge < -0.3 is 14.5 Å². The first-order valence-corrected chi connectivity index (χ1v) is 8.15. The van der Waals surface area contributed by atoms with Gasteiger partial charge in [-0.2, -0.15) is 5.10 Å². The van der Waals surface area contributed by atoms with E-state index in [-0.39, 0.29) is 12.0 Å². The quantitative estimate of drug-likeness (QED) is 0.769. The fourth-order valence-corrected chi connectivity index (χ4v) is 2.96. The number of carbonyl (C=O) groups is 1. The molecular formula is C16H26N4O2. The highest BCUT2D eigenvalue weighted by atomic mass is 16.5. The molecule has 0 spiro atoms. The molecule has 22 heavy (non-hydrogen) atoms. The van der Waals surface area contributed by atoms with Gasteiger partial charge in [0.15, 0.2) is 0 Å². The van der Waals surface area contributed by atoms with Crippen molar-refractivity contribution in [2.75, 3.05) is 39.8 Å². The molecule has 2 heterocycles. The highest BCUT2D eigenvalue weighted by molar-refractivity contribution is 5.78. The number of nitrogens with zero attached hydrogens (tertiary/aromatic N) is 4. The summed E-state index contributed by atoms with van der Waals surface area (Å²) in [4.78, 5) is 16.9. The van der Waals surface area contributed by atoms with Crippen LogP contribution in [0.2, 0.25) is 0 Å². The predicted molar refractivity (Wildman–Crippen MR) is 83.5 cm³/mol. The molecule has 0 radical (unpaired) electrons. The zero-order chi connectivity index (χ0) is 15.5. The van der Waals surface area contributed by atoms with Crippen molar-refractivity contribution in [2.24, 2.45) is 13.0 Å². The summed E-state index contributed by atoms with van der Waals surface area (Å²) in [5.74, 6) is 0.885. The summed E-state index contributed by atoms with van der Waals surface area (Å²) < 4.78 is 7.58. The first-order valence-electron chi connectivity index (χ1n) is 8.15. The third-order valence-electron chi connectivity index (χ3n) is 4.41. The van der Waals surface area contributed by atoms with Gasteiger partial charge in [-0.1, -0.05) is 0 Å². The molecule has 0 bridgehead atoms. The fraction of sp³-hybridized carbons (Fsp3) is 0.750. The monoisotopic (exact) mass is 306 g/mol. The molecule has 1 aliphatic heterocycles. The van der Waals surface area contributed by atoms with Gasteiger partial charge in [0, 0.05) is 39.4 Å². The first-order chi connectivity index (χ1) is 10.6. The van der Waals surface area contributed by atoms with Crippen molar-refractivity contribution >= 4 is 5.91 Å². The first kappa shape index (κ1) is 15.5. The van der Waals surface area contributed by atoms with E-state index in [2.05, 4.69) is 17.0 Å². The van der Waals surface area contributed by atoms with Crippen LogP contribution in [0.5, 0.6) is 0 Å². The van der Waals surface area contributed by atoms with E-state index in [1.165, 1.54) is 12.8 Å². The number of carbonyl (C=O) groups excluding carboxylic acids is 1. The van der Waals surface area contributed by atoms with Gasteiger partial charge in [-0.05, 0) is 31.4 Å². The predicted octanol–water partition coefficient (Wildman–Crippen LogP) is 0.532. The SMILES string of the molecule is CN1CCO[C@@H](CN(CC2CC2)C(=O)Cc2cnn(C)c2)C1. The van der Waals surface area contributed by atoms with Crippen molar-refractivity contribution in [1.82, 2.24) is 19.6 Å². The topological polar surface area (TPSA) is 50.6 Å². The number of likely N-dealkylation sites (N-methyl/N-ethyl adjacent to an activating group) is 1. The third-order valence-corrected chi connectivity index (χ3v) is 4.41. The van der Waals surface area contributed by atoms with E-state index in [1.54, 1.807) is 10.9 Å². The van der Waals surface area contributed by atoms with Gasteiger partial charge in [0.2, 0.25) is 5.91 Å². The summed E-state index contributed by atoms with van der Waals surface area (Å²) in [5, 5.41) is 4.14. The summed E-state index contributed by atoms with van der Waals surface area (Å²) in [6, 6.07) is 0. The zero-order valence-corrected chi connectivity index (χ0v) is 13.6. The normalized spacial score (nSPS) is 22.7. The molecule has 1 saturated carbocycles. The van der Waals surface area contributed by atoms with E-state index in [1.807, 2.05) is 18.1 Å². The van der Waals surface area contributed by atoms with Gasteiger partial charge >= 0.3 is 0 Å². The lowest BCUT2D eigenvalue weighted by molar-refractivity contribution is -0.134. The van der Waals surface area contributed by atoms with Gasteiger partial charge in [0.25, 0.3) is 0 Å². The van der Waals surface area contributed by atoms with Crippen molar-refractivity contribution in [3.05, 3.63) is 18.0 Å². The molecule has 1 aromatic heterocycles. The Morgan fingerprint density at radius 1 is 1.41 bits per heavy atom. The maximum atomic E-state index is 12.7. The number of aromatic nitrogens is 2. The molecule has 1 aliphatic carbocycles. The van der Waals surface area contributed by atoms with Gasteiger partial charge in [-0.3, -0.25) is 9.48 Å². The van der Waals surface area contributed by atoms with E-state index in [4.69, 9.17) is 4.74 Å². The van der Waals surface area contributed by atoms with Crippen LogP contribution in [0.4, 0.5) is 0 Å². The molecule has 2 fully saturated rings. The van der Waals surface area contributed by atoms with Crippen LogP contribution in [0.3, 0.4) is 0 Å². The largest absolute Gasteiger partial charge is 0.374 e. The average Bonchev–Trinajstić information content (AvgIpc) is 3.20. The molecule has 1 amide bonds. The summed E-state index contributed by atoms with van der Waals surface area (Å²) in [6.07, 6.45) is 6.76. The second-order valence-electron chi connectivity index (χ2n) is 6.70. The molecule has 0 unspecified atom stereocenters. The van der Waals surface area contributed by atoms with E-state index >= 15 is 0 Å². The van der Waals surface area contributed by atoms with Gasteiger partial charge in [-0.15, -0.1) is 0 Å². The van der Waals surface area contributed by atoms with E-state index < -0.39 is 0 Å². The molecule has 1 atom stereocenters. The molecule has 0 N–H and O–H groups in total. The Kier molecular flexibility index (Phi) is 4.78. The lowest BCUT2D eigenvalue weighted by atomic mass is 10.2. The van der Waals surface area contributed by atoms with Gasteiger partial charge in [-0.25, -0.2) is 0 Å². The summed E-state index contributed by atoms with van der Waals surface area (Å²) in [6.45, 7) is 4.22. The Bertz CT molecular complexity index is 512. The van der Waals surface area contributed by atoms with Crippen molar-refractivity contribution in [3.63, 3.8) is 0 Å². The van der Waals surface area contributed by atoms with Crippen LogP contribution < -0.4 is 0 Å². The minimum atomic E-state index is 0.135. The zero-order valence-electron chi connectivity index (χ0n) is 13.6. The average molecular weight is 306 g/mol. The number of hydrogen-bond acceptors (Lipinski definition) is 4. The third kappa shape index (κ3) is 4.30. The number of aryl methyl sites for hydroxylation is 1. The van der Waals surface area contributed by atoms with E-state index in [9.17, 15) is 4.79 Å². The second kappa shape index (κ2) is 6.79. The van der Waals surface area contributed by atoms with Gasteiger partial charge in [0.05, 0.1) is 25.3 Å². The van der Waals surface area contributed by atoms with Crippen molar-refractivity contribution in [3.8, 4) is 0 Å². The molecule has 0 aromatic carbocycles. The van der Waals surface area contributed by atoms with Crippen LogP contribution in [-0.2, 0) is 23.0 Å². The highest BCUT2D eigenvalue weighted by Crippen LogP contribution is 2.30. The standard InChI is InChI=1S/C16H26N4O2/c1-18-5-6-22-15(11-18)12-20(10-13-3-4-13)16(21)7-14-8-17-19(2)9-14/h8-9,13,15H,3-7,10-12H2,1-2H3/t15-/m1/s1. The van der Waals surface area contributed by atoms with Crippen LogP contribution in [0.15, 0.2) is 12.4 Å². The van der Waals surface area contributed by atoms with Gasteiger partial charge in [0.1, 0.15) is 0 Å². The second-order valence-corrected chi connectivity index (χ2v) is 6.70. The number of hydrogen-bond donors (Lipinski definition) is 0. The fourth-order valence-electron chi connectivity index (χ4n) is 2.96. The Morgan fingerprint density at radius 2 is 2.23 bits per heavy atom. The molecule has 1 saturated heterocycles. The number of amides is 1. The van der Waals surface area contributed by atoms with Crippen molar-refractivity contribution in [1.29, 1.82) is 0 Å². The molecule has 122 valence electrons. The van der Waals surface area contributed by atoms with Crippen LogP contribution in [-0.4, -0.2) is 71.4 Å². The highest BCUT2D eigenvalue weighted by Gasteiger charge is 2.29. The molecule has 6 nitrogen and oxygen atoms in total. The summed E-state index contributed by atoms with van der Waals surface area (Å²) in [7, 11) is 3.99. The van der Waals surface area contributed by atoms with Crippen molar-refractivity contribution < 1.29 is 9.53 Å². The smallest absolute Gasteiger partial charge is 0.227 e. The minimum Gasteiger partial charge on any atom is -0.374 e. The Labute approximate surface area is 132 Å². The number of ether oxygens (including phenoxy) is 1. The Morgan fingerprint density at radius 3 is 2.86 bits per heavy atom. The van der Waals surface area contributed by atoms with Crippen molar-refractivity contribution in [2.45, 2.75) is 25.4 Å². The summed E-state index contributed by atoms with van der Waals surface area (Å²) in [5.41, 5.74) is 0.981. The number of morpholine rings is 1. The molecular weight excluding hydrogens is 280 g/mol. The lowest BCUT2D eigenvalue weighted by Gasteiger charge is -2.34. The summed E-state index contributed by atoms with van der Waals surface area (Å²) >= 11 is 0. The van der Waals surface area contributed by atoms with Crippen LogP contribution in [0.25, 0.3) is 0 Å². The number of rotatable bonds is 6. The minimum absolute atomic E-state index is 0.135. The Hall–Kier alpha value is -1.40. The Balaban J connectivity index is 1.59. The molecule has 6 heteroatoms. The lowest BCUT2D eigenvalue weighted by Crippen LogP contribution is -2.48. The van der Waals surface area contributed by atoms with Crippen LogP contribution >= 0.6 is 0 Å². The van der Waals surface area contributed by atoms with E-state index in [0.29, 0.717) is 18.9 Å². The van der Waals surface area contributed by atoms with Crippen LogP contribution in [0, 0.1) is 5.92 Å². The molecule has 1 aromatic rings. The maximum Gasteiger partial charge on any atom is 0.227 e. The molecule has 2 aliphatic rings.